The Labute approximate surface area is 149 Å². The molecule has 0 amide bonds. The molecule has 0 aromatic heterocycles. The van der Waals surface area contributed by atoms with Crippen molar-refractivity contribution < 1.29 is 20.1 Å². The van der Waals surface area contributed by atoms with Crippen LogP contribution in [0.25, 0.3) is 0 Å². The minimum absolute atomic E-state index is 0.0271. The van der Waals surface area contributed by atoms with Crippen molar-refractivity contribution >= 4 is 0 Å². The topological polar surface area (TPSA) is 69.9 Å². The fraction of sp³-hybridized carbons (Fsp3) is 0.429. The maximum absolute atomic E-state index is 10.4. The number of hydrogen-bond acceptors (Lipinski definition) is 4. The Hall–Kier alpha value is -2.04. The van der Waals surface area contributed by atoms with Crippen molar-refractivity contribution in [2.45, 2.75) is 46.6 Å². The van der Waals surface area contributed by atoms with E-state index in [2.05, 4.69) is 32.0 Å². The van der Waals surface area contributed by atoms with Gasteiger partial charge in [0.1, 0.15) is 11.5 Å². The normalized spacial score (nSPS) is 11.3. The van der Waals surface area contributed by atoms with Crippen LogP contribution in [0.5, 0.6) is 11.5 Å². The quantitative estimate of drug-likeness (QED) is 0.666. The van der Waals surface area contributed by atoms with E-state index in [9.17, 15) is 10.2 Å². The maximum Gasteiger partial charge on any atom is 0.125 e. The molecule has 0 aliphatic rings. The van der Waals surface area contributed by atoms with Crippen LogP contribution in [0.1, 0.15) is 53.1 Å². The van der Waals surface area contributed by atoms with Gasteiger partial charge in [0.05, 0.1) is 19.8 Å². The van der Waals surface area contributed by atoms with E-state index in [1.807, 2.05) is 13.8 Å². The summed E-state index contributed by atoms with van der Waals surface area (Å²) in [6, 6.07) is 7.75. The van der Waals surface area contributed by atoms with E-state index >= 15 is 0 Å². The van der Waals surface area contributed by atoms with Crippen molar-refractivity contribution in [1.29, 1.82) is 0 Å². The van der Waals surface area contributed by atoms with Crippen molar-refractivity contribution in [3.63, 3.8) is 0 Å². The third-order valence-corrected chi connectivity index (χ3v) is 4.27. The van der Waals surface area contributed by atoms with Gasteiger partial charge in [0.25, 0.3) is 0 Å². The highest BCUT2D eigenvalue weighted by Gasteiger charge is 2.20. The Bertz CT molecular complexity index is 715. The van der Waals surface area contributed by atoms with Crippen LogP contribution in [0.4, 0.5) is 0 Å². The highest BCUT2D eigenvalue weighted by molar-refractivity contribution is 5.54. The molecule has 25 heavy (non-hydrogen) atoms. The SMILES string of the molecule is Cc1cc(C)cc(Cc2c(COCCO)c(O)cc(O)c2C(C)C)c1. The first kappa shape index (κ1) is 19.3. The van der Waals surface area contributed by atoms with E-state index in [0.29, 0.717) is 12.0 Å². The Kier molecular flexibility index (Phi) is 6.45. The van der Waals surface area contributed by atoms with Gasteiger partial charge >= 0.3 is 0 Å². The average Bonchev–Trinajstić information content (AvgIpc) is 2.48. The molecule has 0 bridgehead atoms. The maximum atomic E-state index is 10.4. The fourth-order valence-electron chi connectivity index (χ4n) is 3.39. The Morgan fingerprint density at radius 2 is 1.56 bits per heavy atom. The number of aromatic hydroxyl groups is 2. The summed E-state index contributed by atoms with van der Waals surface area (Å²) in [7, 11) is 0. The van der Waals surface area contributed by atoms with Crippen LogP contribution >= 0.6 is 0 Å². The van der Waals surface area contributed by atoms with Crippen LogP contribution in [0.15, 0.2) is 24.3 Å². The summed E-state index contributed by atoms with van der Waals surface area (Å²) in [4.78, 5) is 0. The molecule has 0 unspecified atom stereocenters. The lowest BCUT2D eigenvalue weighted by atomic mass is 9.87. The number of phenolic OH excluding ortho intramolecular Hbond substituents is 2. The summed E-state index contributed by atoms with van der Waals surface area (Å²) in [6.45, 7) is 8.51. The minimum Gasteiger partial charge on any atom is -0.508 e. The second-order valence-electron chi connectivity index (χ2n) is 6.89. The number of hydrogen-bond donors (Lipinski definition) is 3. The highest BCUT2D eigenvalue weighted by Crippen LogP contribution is 2.38. The van der Waals surface area contributed by atoms with Crippen molar-refractivity contribution in [2.75, 3.05) is 13.2 Å². The lowest BCUT2D eigenvalue weighted by molar-refractivity contribution is 0.0799. The van der Waals surface area contributed by atoms with E-state index in [0.717, 1.165) is 16.7 Å². The summed E-state index contributed by atoms with van der Waals surface area (Å²) in [5, 5.41) is 29.7. The van der Waals surface area contributed by atoms with Crippen LogP contribution in [-0.4, -0.2) is 28.5 Å². The molecule has 4 heteroatoms. The van der Waals surface area contributed by atoms with Crippen molar-refractivity contribution in [2.24, 2.45) is 0 Å². The molecule has 3 N–H and O–H groups in total. The summed E-state index contributed by atoms with van der Waals surface area (Å²) in [6.07, 6.45) is 0.607. The summed E-state index contributed by atoms with van der Waals surface area (Å²) in [5.74, 6) is 0.245. The van der Waals surface area contributed by atoms with Gasteiger partial charge in [-0.15, -0.1) is 0 Å². The van der Waals surface area contributed by atoms with Gasteiger partial charge in [-0.1, -0.05) is 43.2 Å². The lowest BCUT2D eigenvalue weighted by Gasteiger charge is -2.21. The molecule has 0 aliphatic carbocycles. The number of phenols is 2. The van der Waals surface area contributed by atoms with E-state index in [4.69, 9.17) is 9.84 Å². The molecule has 4 nitrogen and oxygen atoms in total. The molecule has 2 aromatic rings. The van der Waals surface area contributed by atoms with Crippen LogP contribution < -0.4 is 0 Å². The first-order valence-corrected chi connectivity index (χ1v) is 8.65. The van der Waals surface area contributed by atoms with Crippen LogP contribution in [0.3, 0.4) is 0 Å². The lowest BCUT2D eigenvalue weighted by Crippen LogP contribution is -2.07. The summed E-state index contributed by atoms with van der Waals surface area (Å²) >= 11 is 0. The number of rotatable bonds is 7. The minimum atomic E-state index is -0.0672. The van der Waals surface area contributed by atoms with Gasteiger partial charge < -0.3 is 20.1 Å². The molecule has 0 atom stereocenters. The van der Waals surface area contributed by atoms with E-state index in [1.54, 1.807) is 0 Å². The van der Waals surface area contributed by atoms with Gasteiger partial charge in [0, 0.05) is 17.2 Å². The van der Waals surface area contributed by atoms with Crippen molar-refractivity contribution in [3.8, 4) is 11.5 Å². The van der Waals surface area contributed by atoms with E-state index in [-0.39, 0.29) is 37.2 Å². The molecule has 0 saturated carbocycles. The van der Waals surface area contributed by atoms with E-state index < -0.39 is 0 Å². The van der Waals surface area contributed by atoms with Crippen LogP contribution in [0.2, 0.25) is 0 Å². The average molecular weight is 344 g/mol. The van der Waals surface area contributed by atoms with Crippen molar-refractivity contribution in [1.82, 2.24) is 0 Å². The van der Waals surface area contributed by atoms with Crippen LogP contribution in [0, 0.1) is 13.8 Å². The van der Waals surface area contributed by atoms with Gasteiger partial charge in [0.15, 0.2) is 0 Å². The van der Waals surface area contributed by atoms with Gasteiger partial charge in [0.2, 0.25) is 0 Å². The second-order valence-corrected chi connectivity index (χ2v) is 6.89. The molecule has 0 heterocycles. The number of aliphatic hydroxyl groups is 1. The summed E-state index contributed by atoms with van der Waals surface area (Å²) in [5.41, 5.74) is 5.91. The largest absolute Gasteiger partial charge is 0.508 e. The molecule has 2 rings (SSSR count). The zero-order chi connectivity index (χ0) is 18.6. The highest BCUT2D eigenvalue weighted by atomic mass is 16.5. The van der Waals surface area contributed by atoms with Gasteiger partial charge in [-0.2, -0.15) is 0 Å². The smallest absolute Gasteiger partial charge is 0.125 e. The van der Waals surface area contributed by atoms with E-state index in [1.165, 1.54) is 17.2 Å². The third-order valence-electron chi connectivity index (χ3n) is 4.27. The Morgan fingerprint density at radius 1 is 0.920 bits per heavy atom. The molecular formula is C21H28O4. The van der Waals surface area contributed by atoms with Crippen LogP contribution in [-0.2, 0) is 17.8 Å². The molecule has 0 radical (unpaired) electrons. The Balaban J connectivity index is 2.53. The molecule has 0 spiro atoms. The molecule has 2 aromatic carbocycles. The third kappa shape index (κ3) is 4.74. The summed E-state index contributed by atoms with van der Waals surface area (Å²) < 4.78 is 5.46. The number of aliphatic hydroxyl groups excluding tert-OH is 1. The fourth-order valence-corrected chi connectivity index (χ4v) is 3.39. The molecule has 0 fully saturated rings. The second kappa shape index (κ2) is 8.37. The van der Waals surface area contributed by atoms with Gasteiger partial charge in [-0.3, -0.25) is 0 Å². The zero-order valence-electron chi connectivity index (χ0n) is 15.5. The number of aryl methyl sites for hydroxylation is 2. The zero-order valence-corrected chi connectivity index (χ0v) is 15.5. The van der Waals surface area contributed by atoms with Gasteiger partial charge in [-0.05, 0) is 37.3 Å². The number of benzene rings is 2. The predicted molar refractivity (Wildman–Crippen MR) is 99.3 cm³/mol. The molecule has 0 saturated heterocycles. The predicted octanol–water partition coefficient (Wildman–Crippen LogP) is 3.94. The number of ether oxygens (including phenoxy) is 1. The Morgan fingerprint density at radius 3 is 2.12 bits per heavy atom. The monoisotopic (exact) mass is 344 g/mol. The first-order valence-electron chi connectivity index (χ1n) is 8.65. The van der Waals surface area contributed by atoms with Gasteiger partial charge in [-0.25, -0.2) is 0 Å². The first-order chi connectivity index (χ1) is 11.8. The molecule has 136 valence electrons. The van der Waals surface area contributed by atoms with Crippen molar-refractivity contribution in [3.05, 3.63) is 57.6 Å². The molecule has 0 aliphatic heterocycles. The molecular weight excluding hydrogens is 316 g/mol. The standard InChI is InChI=1S/C21H28O4/c1-13(2)21-17(10-16-8-14(3)7-15(4)9-16)18(12-25-6-5-22)19(23)11-20(21)24/h7-9,11,13,22-24H,5-6,10,12H2,1-4H3.